The number of benzene rings is 2. The maximum atomic E-state index is 12.5. The summed E-state index contributed by atoms with van der Waals surface area (Å²) in [6.45, 7) is 4.99. The summed E-state index contributed by atoms with van der Waals surface area (Å²) in [4.78, 5) is 19.3. The third kappa shape index (κ3) is 5.27. The van der Waals surface area contributed by atoms with Crippen LogP contribution in [-0.2, 0) is 4.79 Å². The number of hydrogen-bond acceptors (Lipinski definition) is 6. The summed E-state index contributed by atoms with van der Waals surface area (Å²) in [5, 5.41) is 6.05. The molecule has 184 valence electrons. The van der Waals surface area contributed by atoms with Crippen LogP contribution in [-0.4, -0.2) is 41.5 Å². The van der Waals surface area contributed by atoms with Gasteiger partial charge in [-0.2, -0.15) is 0 Å². The van der Waals surface area contributed by atoms with E-state index in [1.54, 1.807) is 23.6 Å². The van der Waals surface area contributed by atoms with E-state index in [9.17, 15) is 4.79 Å². The average Bonchev–Trinajstić information content (AvgIpc) is 3.56. The van der Waals surface area contributed by atoms with E-state index < -0.39 is 0 Å². The first kappa shape index (κ1) is 24.0. The number of nitrogen functional groups attached to an aromatic ring is 1. The van der Waals surface area contributed by atoms with Crippen molar-refractivity contribution in [2.24, 2.45) is 0 Å². The van der Waals surface area contributed by atoms with Gasteiger partial charge in [0.25, 0.3) is 0 Å². The number of anilines is 1. The second-order valence-corrected chi connectivity index (χ2v) is 9.77. The third-order valence-electron chi connectivity index (χ3n) is 6.63. The highest BCUT2D eigenvalue weighted by atomic mass is 32.1. The van der Waals surface area contributed by atoms with Gasteiger partial charge in [-0.25, -0.2) is 4.98 Å². The molecule has 0 saturated carbocycles. The molecule has 1 saturated heterocycles. The summed E-state index contributed by atoms with van der Waals surface area (Å²) in [6.07, 6.45) is 7.48. The number of aromatic nitrogens is 1. The van der Waals surface area contributed by atoms with Crippen molar-refractivity contribution in [2.45, 2.75) is 25.8 Å². The molecule has 1 unspecified atom stereocenters. The van der Waals surface area contributed by atoms with Gasteiger partial charge in [-0.15, -0.1) is 11.3 Å². The maximum absolute atomic E-state index is 12.5. The number of pyridine rings is 1. The van der Waals surface area contributed by atoms with Crippen LogP contribution in [0.3, 0.4) is 0 Å². The van der Waals surface area contributed by atoms with Crippen molar-refractivity contribution in [2.75, 3.05) is 25.4 Å². The molecule has 1 aliphatic heterocycles. The smallest absolute Gasteiger partial charge is 0.244 e. The van der Waals surface area contributed by atoms with Crippen LogP contribution in [0.2, 0.25) is 0 Å². The van der Waals surface area contributed by atoms with Crippen LogP contribution in [0.4, 0.5) is 5.82 Å². The van der Waals surface area contributed by atoms with Crippen molar-refractivity contribution in [1.29, 1.82) is 0 Å². The normalized spacial score (nSPS) is 16.1. The molecule has 1 amide bonds. The van der Waals surface area contributed by atoms with Crippen LogP contribution in [0.25, 0.3) is 27.3 Å². The highest BCUT2D eigenvalue weighted by molar-refractivity contribution is 7.18. The van der Waals surface area contributed by atoms with Crippen LogP contribution in [0.1, 0.15) is 25.3 Å². The Morgan fingerprint density at radius 1 is 1.19 bits per heavy atom. The van der Waals surface area contributed by atoms with E-state index in [1.165, 1.54) is 6.42 Å². The number of rotatable bonds is 8. The van der Waals surface area contributed by atoms with Crippen molar-refractivity contribution < 1.29 is 9.53 Å². The number of nitrogens with one attached hydrogen (secondary N) is 1. The number of fused-ring (bicyclic) bond motifs is 1. The molecule has 1 fully saturated rings. The lowest BCUT2D eigenvalue weighted by molar-refractivity contribution is -0.116. The van der Waals surface area contributed by atoms with Crippen molar-refractivity contribution >= 4 is 39.2 Å². The van der Waals surface area contributed by atoms with E-state index >= 15 is 0 Å². The average molecular weight is 499 g/mol. The van der Waals surface area contributed by atoms with E-state index in [2.05, 4.69) is 27.5 Å². The number of hydrogen-bond donors (Lipinski definition) is 2. The zero-order valence-corrected chi connectivity index (χ0v) is 21.1. The standard InChI is InChI=1S/C29H30N4O2S/c1-2-33-16-6-7-22(33)18-31-26(34)15-12-21-17-32-29(30)27-25(19-36-28(21)27)20-10-13-24(14-11-20)35-23-8-4-3-5-9-23/h3-5,8-15,17,19,22H,2,6-7,16,18H2,1H3,(H2,30,32)(H,31,34). The maximum Gasteiger partial charge on any atom is 0.244 e. The van der Waals surface area contributed by atoms with Gasteiger partial charge in [0.15, 0.2) is 0 Å². The van der Waals surface area contributed by atoms with Gasteiger partial charge in [0.2, 0.25) is 5.91 Å². The summed E-state index contributed by atoms with van der Waals surface area (Å²) in [5.41, 5.74) is 9.24. The number of amides is 1. The molecule has 1 aliphatic rings. The zero-order valence-electron chi connectivity index (χ0n) is 20.3. The van der Waals surface area contributed by atoms with Crippen LogP contribution in [0, 0.1) is 0 Å². The number of likely N-dealkylation sites (tertiary alicyclic amines) is 1. The molecule has 0 radical (unpaired) electrons. The highest BCUT2D eigenvalue weighted by Crippen LogP contribution is 2.39. The Morgan fingerprint density at radius 2 is 1.97 bits per heavy atom. The molecule has 5 rings (SSSR count). The number of thiophene rings is 1. The van der Waals surface area contributed by atoms with Gasteiger partial charge in [0, 0.05) is 46.1 Å². The zero-order chi connectivity index (χ0) is 24.9. The molecular weight excluding hydrogens is 468 g/mol. The fraction of sp³-hybridized carbons (Fsp3) is 0.241. The van der Waals surface area contributed by atoms with Crippen LogP contribution >= 0.6 is 11.3 Å². The Bertz CT molecular complexity index is 1370. The molecule has 2 aromatic heterocycles. The van der Waals surface area contributed by atoms with Gasteiger partial charge in [0.1, 0.15) is 17.3 Å². The lowest BCUT2D eigenvalue weighted by Crippen LogP contribution is -2.39. The van der Waals surface area contributed by atoms with Crippen LogP contribution < -0.4 is 15.8 Å². The van der Waals surface area contributed by atoms with E-state index in [0.29, 0.717) is 18.4 Å². The van der Waals surface area contributed by atoms with Crippen LogP contribution in [0.15, 0.2) is 72.3 Å². The predicted molar refractivity (Wildman–Crippen MR) is 148 cm³/mol. The Morgan fingerprint density at radius 3 is 2.75 bits per heavy atom. The van der Waals surface area contributed by atoms with Gasteiger partial charge in [-0.05, 0) is 67.2 Å². The second kappa shape index (κ2) is 10.9. The molecule has 6 nitrogen and oxygen atoms in total. The first-order valence-electron chi connectivity index (χ1n) is 12.3. The second-order valence-electron chi connectivity index (χ2n) is 8.89. The fourth-order valence-corrected chi connectivity index (χ4v) is 5.81. The van der Waals surface area contributed by atoms with Crippen LogP contribution in [0.5, 0.6) is 11.5 Å². The number of ether oxygens (including phenoxy) is 1. The number of carbonyl (C=O) groups excluding carboxylic acids is 1. The molecule has 1 atom stereocenters. The molecule has 0 spiro atoms. The van der Waals surface area contributed by atoms with E-state index in [-0.39, 0.29) is 5.91 Å². The monoisotopic (exact) mass is 498 g/mol. The van der Waals surface area contributed by atoms with Crippen molar-refractivity contribution in [3.05, 3.63) is 77.8 Å². The summed E-state index contributed by atoms with van der Waals surface area (Å²) < 4.78 is 6.93. The first-order chi connectivity index (χ1) is 17.6. The minimum absolute atomic E-state index is 0.0892. The Hall–Kier alpha value is -3.68. The Kier molecular flexibility index (Phi) is 7.30. The van der Waals surface area contributed by atoms with Gasteiger partial charge >= 0.3 is 0 Å². The fourth-order valence-electron chi connectivity index (χ4n) is 4.73. The molecule has 4 aromatic rings. The third-order valence-corrected chi connectivity index (χ3v) is 7.66. The number of nitrogens with zero attached hydrogens (tertiary/aromatic N) is 2. The number of carbonyl (C=O) groups is 1. The Balaban J connectivity index is 1.31. The molecule has 3 N–H and O–H groups in total. The number of para-hydroxylation sites is 1. The predicted octanol–water partition coefficient (Wildman–Crippen LogP) is 5.95. The minimum atomic E-state index is -0.0892. The summed E-state index contributed by atoms with van der Waals surface area (Å²) >= 11 is 1.60. The van der Waals surface area contributed by atoms with Gasteiger partial charge in [-0.3, -0.25) is 9.69 Å². The van der Waals surface area contributed by atoms with E-state index in [1.807, 2.05) is 60.7 Å². The van der Waals surface area contributed by atoms with E-state index in [4.69, 9.17) is 10.5 Å². The summed E-state index contributed by atoms with van der Waals surface area (Å²) in [7, 11) is 0. The first-order valence-corrected chi connectivity index (χ1v) is 13.2. The molecular formula is C29H30N4O2S. The number of likely N-dealkylation sites (N-methyl/N-ethyl adjacent to an activating group) is 1. The lowest BCUT2D eigenvalue weighted by Gasteiger charge is -2.22. The summed E-state index contributed by atoms with van der Waals surface area (Å²) in [5.74, 6) is 1.96. The quantitative estimate of drug-likeness (QED) is 0.293. The SMILES string of the molecule is CCN1CCCC1CNC(=O)C=Cc1cnc(N)c2c(-c3ccc(Oc4ccccc4)cc3)csc12. The van der Waals surface area contributed by atoms with Gasteiger partial charge in [-0.1, -0.05) is 37.3 Å². The molecule has 2 aromatic carbocycles. The van der Waals surface area contributed by atoms with Crippen molar-refractivity contribution in [1.82, 2.24) is 15.2 Å². The largest absolute Gasteiger partial charge is 0.457 e. The lowest BCUT2D eigenvalue weighted by atomic mass is 10.0. The minimum Gasteiger partial charge on any atom is -0.457 e. The molecule has 0 bridgehead atoms. The van der Waals surface area contributed by atoms with E-state index in [0.717, 1.165) is 57.8 Å². The molecule has 7 heteroatoms. The molecule has 36 heavy (non-hydrogen) atoms. The van der Waals surface area contributed by atoms with Crippen molar-refractivity contribution in [3.63, 3.8) is 0 Å². The van der Waals surface area contributed by atoms with Crippen molar-refractivity contribution in [3.8, 4) is 22.6 Å². The Labute approximate surface area is 215 Å². The highest BCUT2D eigenvalue weighted by Gasteiger charge is 2.22. The number of nitrogens with two attached hydrogens (primary N) is 1. The topological polar surface area (TPSA) is 80.5 Å². The van der Waals surface area contributed by atoms with Gasteiger partial charge < -0.3 is 15.8 Å². The van der Waals surface area contributed by atoms with Gasteiger partial charge in [0.05, 0.1) is 0 Å². The molecule has 3 heterocycles. The summed E-state index contributed by atoms with van der Waals surface area (Å²) in [6, 6.07) is 18.1. The molecule has 0 aliphatic carbocycles.